The molecule has 1 aromatic carbocycles. The number of aliphatic hydroxyl groups is 1. The smallest absolute Gasteiger partial charge is 0.107 e. The van der Waals surface area contributed by atoms with Crippen molar-refractivity contribution in [2.24, 2.45) is 0 Å². The van der Waals surface area contributed by atoms with Crippen molar-refractivity contribution >= 4 is 11.6 Å². The normalized spacial score (nSPS) is 12.7. The fraction of sp³-hybridized carbons (Fsp3) is 0.167. The van der Waals surface area contributed by atoms with Gasteiger partial charge >= 0.3 is 0 Å². The van der Waals surface area contributed by atoms with Crippen LogP contribution in [0.25, 0.3) is 0 Å². The second kappa shape index (κ2) is 4.09. The molecule has 0 aliphatic heterocycles. The van der Waals surface area contributed by atoms with Crippen molar-refractivity contribution in [1.82, 2.24) is 0 Å². The van der Waals surface area contributed by atoms with Crippen molar-refractivity contribution in [2.75, 3.05) is 0 Å². The molecule has 2 nitrogen and oxygen atoms in total. The van der Waals surface area contributed by atoms with Crippen LogP contribution < -0.4 is 0 Å². The average Bonchev–Trinajstić information content (AvgIpc) is 2.69. The standard InChI is InChI=1S/C12H11ClO2/c1-8-6-10(13)2-3-11(8)12(14)9-4-5-15-7-9/h2-7,12,14H,1H3/t12-/m0/s1. The number of benzene rings is 1. The van der Waals surface area contributed by atoms with Gasteiger partial charge in [0.15, 0.2) is 0 Å². The van der Waals surface area contributed by atoms with Crippen LogP contribution in [0.4, 0.5) is 0 Å². The fourth-order valence-corrected chi connectivity index (χ4v) is 1.78. The van der Waals surface area contributed by atoms with E-state index in [-0.39, 0.29) is 0 Å². The summed E-state index contributed by atoms with van der Waals surface area (Å²) in [4.78, 5) is 0. The zero-order chi connectivity index (χ0) is 10.8. The van der Waals surface area contributed by atoms with E-state index in [0.29, 0.717) is 5.02 Å². The van der Waals surface area contributed by atoms with Crippen LogP contribution in [-0.4, -0.2) is 5.11 Å². The highest BCUT2D eigenvalue weighted by molar-refractivity contribution is 6.30. The quantitative estimate of drug-likeness (QED) is 0.846. The Balaban J connectivity index is 2.38. The van der Waals surface area contributed by atoms with Gasteiger partial charge in [0.25, 0.3) is 0 Å². The number of furan rings is 1. The van der Waals surface area contributed by atoms with E-state index in [2.05, 4.69) is 0 Å². The topological polar surface area (TPSA) is 33.4 Å². The third kappa shape index (κ3) is 2.06. The first-order valence-corrected chi connectivity index (χ1v) is 5.02. The summed E-state index contributed by atoms with van der Waals surface area (Å²) in [6, 6.07) is 7.18. The van der Waals surface area contributed by atoms with E-state index < -0.39 is 6.10 Å². The van der Waals surface area contributed by atoms with E-state index >= 15 is 0 Å². The largest absolute Gasteiger partial charge is 0.472 e. The van der Waals surface area contributed by atoms with Crippen molar-refractivity contribution < 1.29 is 9.52 Å². The lowest BCUT2D eigenvalue weighted by Crippen LogP contribution is -2.00. The van der Waals surface area contributed by atoms with Crippen LogP contribution in [0.5, 0.6) is 0 Å². The maximum absolute atomic E-state index is 10.0. The maximum Gasteiger partial charge on any atom is 0.107 e. The molecule has 2 rings (SSSR count). The fourth-order valence-electron chi connectivity index (χ4n) is 1.56. The molecule has 0 unspecified atom stereocenters. The molecule has 0 saturated heterocycles. The summed E-state index contributed by atoms with van der Waals surface area (Å²) in [5, 5.41) is 10.7. The summed E-state index contributed by atoms with van der Waals surface area (Å²) in [6.07, 6.45) is 2.43. The van der Waals surface area contributed by atoms with Crippen LogP contribution in [0, 0.1) is 6.92 Å². The van der Waals surface area contributed by atoms with Gasteiger partial charge in [0, 0.05) is 10.6 Å². The first kappa shape index (κ1) is 10.3. The van der Waals surface area contributed by atoms with Crippen molar-refractivity contribution in [3.05, 3.63) is 58.5 Å². The zero-order valence-electron chi connectivity index (χ0n) is 8.27. The van der Waals surface area contributed by atoms with E-state index in [4.69, 9.17) is 16.0 Å². The van der Waals surface area contributed by atoms with Crippen LogP contribution in [0.3, 0.4) is 0 Å². The van der Waals surface area contributed by atoms with Gasteiger partial charge in [0.05, 0.1) is 12.5 Å². The van der Waals surface area contributed by atoms with Crippen LogP contribution in [0.1, 0.15) is 22.8 Å². The van der Waals surface area contributed by atoms with Gasteiger partial charge in [-0.15, -0.1) is 0 Å². The van der Waals surface area contributed by atoms with Gasteiger partial charge in [-0.05, 0) is 36.2 Å². The van der Waals surface area contributed by atoms with E-state index in [1.807, 2.05) is 19.1 Å². The molecule has 0 amide bonds. The number of halogens is 1. The molecule has 0 aliphatic rings. The molecule has 0 aliphatic carbocycles. The summed E-state index contributed by atoms with van der Waals surface area (Å²) < 4.78 is 4.93. The first-order valence-electron chi connectivity index (χ1n) is 4.64. The number of hydrogen-bond acceptors (Lipinski definition) is 2. The lowest BCUT2D eigenvalue weighted by Gasteiger charge is -2.11. The molecule has 1 N–H and O–H groups in total. The van der Waals surface area contributed by atoms with Gasteiger partial charge in [-0.25, -0.2) is 0 Å². The molecule has 1 aromatic heterocycles. The summed E-state index contributed by atoms with van der Waals surface area (Å²) in [5.74, 6) is 0. The van der Waals surface area contributed by atoms with E-state index in [9.17, 15) is 5.11 Å². The predicted octanol–water partition coefficient (Wildman–Crippen LogP) is 3.32. The Morgan fingerprint density at radius 2 is 2.13 bits per heavy atom. The molecule has 2 aromatic rings. The minimum Gasteiger partial charge on any atom is -0.472 e. The third-order valence-electron chi connectivity index (χ3n) is 2.39. The van der Waals surface area contributed by atoms with Gasteiger partial charge in [-0.2, -0.15) is 0 Å². The summed E-state index contributed by atoms with van der Waals surface area (Å²) in [6.45, 7) is 1.92. The summed E-state index contributed by atoms with van der Waals surface area (Å²) >= 11 is 5.85. The molecule has 0 radical (unpaired) electrons. The molecule has 0 saturated carbocycles. The predicted molar refractivity (Wildman–Crippen MR) is 59.0 cm³/mol. The molecular formula is C12H11ClO2. The minimum atomic E-state index is -0.652. The van der Waals surface area contributed by atoms with Gasteiger partial charge in [-0.3, -0.25) is 0 Å². The Hall–Kier alpha value is -1.25. The lowest BCUT2D eigenvalue weighted by molar-refractivity contribution is 0.218. The third-order valence-corrected chi connectivity index (χ3v) is 2.62. The summed E-state index contributed by atoms with van der Waals surface area (Å²) in [5.41, 5.74) is 2.57. The second-order valence-corrected chi connectivity index (χ2v) is 3.90. The number of rotatable bonds is 2. The molecule has 15 heavy (non-hydrogen) atoms. The highest BCUT2D eigenvalue weighted by Gasteiger charge is 2.13. The number of aryl methyl sites for hydroxylation is 1. The van der Waals surface area contributed by atoms with Crippen molar-refractivity contribution in [3.8, 4) is 0 Å². The van der Waals surface area contributed by atoms with Crippen LogP contribution in [0.15, 0.2) is 41.2 Å². The molecule has 78 valence electrons. The molecule has 1 atom stereocenters. The lowest BCUT2D eigenvalue weighted by atomic mass is 10.00. The van der Waals surface area contributed by atoms with Crippen LogP contribution in [-0.2, 0) is 0 Å². The first-order chi connectivity index (χ1) is 7.18. The minimum absolute atomic E-state index is 0.652. The van der Waals surface area contributed by atoms with Gasteiger partial charge < -0.3 is 9.52 Å². The highest BCUT2D eigenvalue weighted by Crippen LogP contribution is 2.26. The number of hydrogen-bond donors (Lipinski definition) is 1. The average molecular weight is 223 g/mol. The number of aliphatic hydroxyl groups excluding tert-OH is 1. The maximum atomic E-state index is 10.0. The molecule has 0 fully saturated rings. The Morgan fingerprint density at radius 1 is 1.33 bits per heavy atom. The zero-order valence-corrected chi connectivity index (χ0v) is 9.03. The van der Waals surface area contributed by atoms with E-state index in [1.54, 1.807) is 24.7 Å². The Labute approximate surface area is 93.1 Å². The molecule has 1 heterocycles. The second-order valence-electron chi connectivity index (χ2n) is 3.46. The molecule has 0 spiro atoms. The monoisotopic (exact) mass is 222 g/mol. The van der Waals surface area contributed by atoms with Crippen LogP contribution >= 0.6 is 11.6 Å². The van der Waals surface area contributed by atoms with E-state index in [0.717, 1.165) is 16.7 Å². The Bertz CT molecular complexity index is 449. The molecule has 3 heteroatoms. The van der Waals surface area contributed by atoms with Gasteiger partial charge in [-0.1, -0.05) is 17.7 Å². The van der Waals surface area contributed by atoms with E-state index in [1.165, 1.54) is 0 Å². The molecule has 0 bridgehead atoms. The molecular weight excluding hydrogens is 212 g/mol. The van der Waals surface area contributed by atoms with Crippen molar-refractivity contribution in [1.29, 1.82) is 0 Å². The van der Waals surface area contributed by atoms with Crippen molar-refractivity contribution in [3.63, 3.8) is 0 Å². The van der Waals surface area contributed by atoms with Gasteiger partial charge in [0.1, 0.15) is 6.10 Å². The Morgan fingerprint density at radius 3 is 2.73 bits per heavy atom. The van der Waals surface area contributed by atoms with Gasteiger partial charge in [0.2, 0.25) is 0 Å². The van der Waals surface area contributed by atoms with Crippen LogP contribution in [0.2, 0.25) is 5.02 Å². The van der Waals surface area contributed by atoms with Crippen molar-refractivity contribution in [2.45, 2.75) is 13.0 Å². The highest BCUT2D eigenvalue weighted by atomic mass is 35.5. The SMILES string of the molecule is Cc1cc(Cl)ccc1[C@@H](O)c1ccoc1. The Kier molecular flexibility index (Phi) is 2.80. The summed E-state index contributed by atoms with van der Waals surface area (Å²) in [7, 11) is 0.